The first-order valence-corrected chi connectivity index (χ1v) is 7.15. The Balaban J connectivity index is 2.03. The van der Waals surface area contributed by atoms with Gasteiger partial charge in [-0.3, -0.25) is 0 Å². The van der Waals surface area contributed by atoms with Crippen LogP contribution in [0.3, 0.4) is 0 Å². The van der Waals surface area contributed by atoms with Crippen LogP contribution in [-0.2, 0) is 17.8 Å². The minimum absolute atomic E-state index is 0.608. The summed E-state index contributed by atoms with van der Waals surface area (Å²) in [7, 11) is 0. The maximum atomic E-state index is 5.54. The van der Waals surface area contributed by atoms with Gasteiger partial charge in [0.2, 0.25) is 0 Å². The largest absolute Gasteiger partial charge is 0.376 e. The third-order valence-corrected chi connectivity index (χ3v) is 3.40. The summed E-state index contributed by atoms with van der Waals surface area (Å²) >= 11 is 0. The summed E-state index contributed by atoms with van der Waals surface area (Å²) in [6.45, 7) is 4.41. The molecule has 0 saturated heterocycles. The zero-order chi connectivity index (χ0) is 13.8. The van der Waals surface area contributed by atoms with Crippen LogP contribution >= 0.6 is 0 Å². The van der Waals surface area contributed by atoms with Gasteiger partial charge in [0.1, 0.15) is 5.82 Å². The molecule has 20 heavy (non-hydrogen) atoms. The van der Waals surface area contributed by atoms with E-state index in [0.29, 0.717) is 6.61 Å². The average molecular weight is 269 g/mol. The van der Waals surface area contributed by atoms with Gasteiger partial charge in [-0.25, -0.2) is 9.97 Å². The van der Waals surface area contributed by atoms with Crippen molar-refractivity contribution in [2.45, 2.75) is 26.4 Å². The van der Waals surface area contributed by atoms with Crippen molar-refractivity contribution in [1.82, 2.24) is 9.97 Å². The molecule has 2 heterocycles. The molecule has 1 N–H and O–H groups in total. The lowest BCUT2D eigenvalue weighted by molar-refractivity contribution is 0.109. The van der Waals surface area contributed by atoms with Gasteiger partial charge >= 0.3 is 0 Å². The first-order valence-electron chi connectivity index (χ1n) is 7.15. The highest BCUT2D eigenvalue weighted by molar-refractivity contribution is 5.60. The Morgan fingerprint density at radius 3 is 2.85 bits per heavy atom. The van der Waals surface area contributed by atoms with Crippen LogP contribution in [0.15, 0.2) is 30.3 Å². The van der Waals surface area contributed by atoms with E-state index in [1.54, 1.807) is 0 Å². The van der Waals surface area contributed by atoms with Gasteiger partial charge in [0.25, 0.3) is 0 Å². The minimum Gasteiger partial charge on any atom is -0.376 e. The van der Waals surface area contributed by atoms with Gasteiger partial charge in [-0.1, -0.05) is 37.3 Å². The van der Waals surface area contributed by atoms with Gasteiger partial charge in [0.05, 0.1) is 18.9 Å². The molecule has 4 nitrogen and oxygen atoms in total. The van der Waals surface area contributed by atoms with E-state index in [1.165, 1.54) is 0 Å². The first-order chi connectivity index (χ1) is 9.88. The van der Waals surface area contributed by atoms with Crippen LogP contribution in [0.2, 0.25) is 0 Å². The van der Waals surface area contributed by atoms with Crippen molar-refractivity contribution in [3.8, 4) is 11.4 Å². The second-order valence-corrected chi connectivity index (χ2v) is 4.92. The molecule has 1 aliphatic heterocycles. The Hall–Kier alpha value is -1.94. The summed E-state index contributed by atoms with van der Waals surface area (Å²) in [4.78, 5) is 9.41. The topological polar surface area (TPSA) is 47.0 Å². The van der Waals surface area contributed by atoms with Gasteiger partial charge < -0.3 is 10.1 Å². The molecular formula is C16H19N3O. The van der Waals surface area contributed by atoms with Crippen molar-refractivity contribution >= 4 is 5.82 Å². The van der Waals surface area contributed by atoms with Gasteiger partial charge in [-0.15, -0.1) is 0 Å². The summed E-state index contributed by atoms with van der Waals surface area (Å²) in [6, 6.07) is 10.1. The fourth-order valence-corrected chi connectivity index (χ4v) is 2.34. The smallest absolute Gasteiger partial charge is 0.161 e. The molecule has 0 spiro atoms. The van der Waals surface area contributed by atoms with Crippen LogP contribution in [0.1, 0.15) is 24.6 Å². The molecule has 3 rings (SSSR count). The van der Waals surface area contributed by atoms with Gasteiger partial charge in [0, 0.05) is 24.1 Å². The van der Waals surface area contributed by atoms with Crippen LogP contribution in [0, 0.1) is 0 Å². The van der Waals surface area contributed by atoms with Crippen molar-refractivity contribution in [2.75, 3.05) is 18.5 Å². The molecule has 0 atom stereocenters. The van der Waals surface area contributed by atoms with E-state index in [2.05, 4.69) is 12.2 Å². The molecule has 4 heteroatoms. The molecule has 0 aliphatic carbocycles. The highest BCUT2D eigenvalue weighted by Gasteiger charge is 2.18. The van der Waals surface area contributed by atoms with E-state index in [0.717, 1.165) is 54.5 Å². The summed E-state index contributed by atoms with van der Waals surface area (Å²) in [6.07, 6.45) is 1.93. The zero-order valence-corrected chi connectivity index (χ0v) is 11.7. The predicted octanol–water partition coefficient (Wildman–Crippen LogP) is 3.04. The van der Waals surface area contributed by atoms with Crippen LogP contribution in [0.25, 0.3) is 11.4 Å². The van der Waals surface area contributed by atoms with E-state index < -0.39 is 0 Å². The molecule has 1 aromatic carbocycles. The molecule has 1 aromatic heterocycles. The van der Waals surface area contributed by atoms with E-state index in [9.17, 15) is 0 Å². The quantitative estimate of drug-likeness (QED) is 0.926. The fourth-order valence-electron chi connectivity index (χ4n) is 2.34. The number of hydrogen-bond acceptors (Lipinski definition) is 4. The molecule has 0 bridgehead atoms. The zero-order valence-electron chi connectivity index (χ0n) is 11.7. The van der Waals surface area contributed by atoms with Crippen LogP contribution in [-0.4, -0.2) is 23.1 Å². The Bertz CT molecular complexity index is 584. The molecule has 0 saturated carbocycles. The van der Waals surface area contributed by atoms with Crippen LogP contribution in [0.5, 0.6) is 0 Å². The average Bonchev–Trinajstić information content (AvgIpc) is 2.53. The molecule has 0 fully saturated rings. The maximum Gasteiger partial charge on any atom is 0.161 e. The lowest BCUT2D eigenvalue weighted by atomic mass is 10.1. The molecular weight excluding hydrogens is 250 g/mol. The number of nitrogens with one attached hydrogen (secondary N) is 1. The fraction of sp³-hybridized carbons (Fsp3) is 0.375. The third-order valence-electron chi connectivity index (χ3n) is 3.40. The highest BCUT2D eigenvalue weighted by atomic mass is 16.5. The molecule has 0 amide bonds. The number of rotatable bonds is 4. The molecule has 0 radical (unpaired) electrons. The summed E-state index contributed by atoms with van der Waals surface area (Å²) in [5, 5.41) is 3.40. The molecule has 104 valence electrons. The SMILES string of the molecule is CCCNc1nc(-c2ccccc2)nc2c1COCC2. The van der Waals surface area contributed by atoms with E-state index >= 15 is 0 Å². The number of anilines is 1. The van der Waals surface area contributed by atoms with E-state index in [-0.39, 0.29) is 0 Å². The lowest BCUT2D eigenvalue weighted by Crippen LogP contribution is -2.17. The van der Waals surface area contributed by atoms with Gasteiger partial charge in [-0.2, -0.15) is 0 Å². The van der Waals surface area contributed by atoms with E-state index in [4.69, 9.17) is 14.7 Å². The third kappa shape index (κ3) is 2.65. The Kier molecular flexibility index (Phi) is 3.92. The van der Waals surface area contributed by atoms with Crippen molar-refractivity contribution in [3.05, 3.63) is 41.6 Å². The Morgan fingerprint density at radius 2 is 2.05 bits per heavy atom. The second kappa shape index (κ2) is 6.01. The Labute approximate surface area is 119 Å². The number of benzene rings is 1. The second-order valence-electron chi connectivity index (χ2n) is 4.92. The van der Waals surface area contributed by atoms with Crippen molar-refractivity contribution in [3.63, 3.8) is 0 Å². The summed E-state index contributed by atoms with van der Waals surface area (Å²) in [5.74, 6) is 1.72. The Morgan fingerprint density at radius 1 is 1.20 bits per heavy atom. The first kappa shape index (κ1) is 13.1. The number of fused-ring (bicyclic) bond motifs is 1. The van der Waals surface area contributed by atoms with Crippen LogP contribution < -0.4 is 5.32 Å². The number of aromatic nitrogens is 2. The lowest BCUT2D eigenvalue weighted by Gasteiger charge is -2.20. The highest BCUT2D eigenvalue weighted by Crippen LogP contribution is 2.26. The van der Waals surface area contributed by atoms with Crippen molar-refractivity contribution < 1.29 is 4.74 Å². The maximum absolute atomic E-state index is 5.54. The van der Waals surface area contributed by atoms with E-state index in [1.807, 2.05) is 30.3 Å². The molecule has 1 aliphatic rings. The normalized spacial score (nSPS) is 13.8. The van der Waals surface area contributed by atoms with Gasteiger partial charge in [-0.05, 0) is 6.42 Å². The monoisotopic (exact) mass is 269 g/mol. The predicted molar refractivity (Wildman–Crippen MR) is 79.6 cm³/mol. The number of hydrogen-bond donors (Lipinski definition) is 1. The minimum atomic E-state index is 0.608. The summed E-state index contributed by atoms with van der Waals surface area (Å²) < 4.78 is 5.54. The van der Waals surface area contributed by atoms with Crippen molar-refractivity contribution in [2.24, 2.45) is 0 Å². The van der Waals surface area contributed by atoms with Crippen molar-refractivity contribution in [1.29, 1.82) is 0 Å². The molecule has 0 unspecified atom stereocenters. The number of ether oxygens (including phenoxy) is 1. The standard InChI is InChI=1S/C16H19N3O/c1-2-9-17-16-13-11-20-10-8-14(13)18-15(19-16)12-6-4-3-5-7-12/h3-7H,2,8-11H2,1H3,(H,17,18,19). The molecule has 2 aromatic rings. The number of nitrogens with zero attached hydrogens (tertiary/aromatic N) is 2. The summed E-state index contributed by atoms with van der Waals surface area (Å²) in [5.41, 5.74) is 3.29. The van der Waals surface area contributed by atoms with Gasteiger partial charge in [0.15, 0.2) is 5.82 Å². The van der Waals surface area contributed by atoms with Crippen LogP contribution in [0.4, 0.5) is 5.82 Å².